The highest BCUT2D eigenvalue weighted by atomic mass is 35.5. The molecule has 3 atom stereocenters. The predicted octanol–water partition coefficient (Wildman–Crippen LogP) is 2.09. The van der Waals surface area contributed by atoms with Crippen LogP contribution in [0.4, 0.5) is 0 Å². The molecule has 17 heavy (non-hydrogen) atoms. The van der Waals surface area contributed by atoms with E-state index in [1.807, 2.05) is 0 Å². The third-order valence-corrected chi connectivity index (χ3v) is 6.46. The molecular weight excluding hydrogens is 308 g/mol. The van der Waals surface area contributed by atoms with Gasteiger partial charge in [-0.3, -0.25) is 4.79 Å². The fourth-order valence-corrected chi connectivity index (χ4v) is 4.60. The highest BCUT2D eigenvalue weighted by Crippen LogP contribution is 2.79. The Kier molecular flexibility index (Phi) is 2.13. The third kappa shape index (κ3) is 0.973. The summed E-state index contributed by atoms with van der Waals surface area (Å²) in [5, 5.41) is 6.71. The van der Waals surface area contributed by atoms with Gasteiger partial charge in [-0.2, -0.15) is 10.2 Å². The van der Waals surface area contributed by atoms with Gasteiger partial charge >= 0.3 is 0 Å². The number of rotatable bonds is 0. The van der Waals surface area contributed by atoms with Crippen molar-refractivity contribution in [1.29, 1.82) is 0 Å². The molecule has 0 N–H and O–H groups in total. The van der Waals surface area contributed by atoms with Gasteiger partial charge in [0.2, 0.25) is 5.91 Å². The molecule has 0 bridgehead atoms. The first-order valence-electron chi connectivity index (χ1n) is 4.86. The largest absolute Gasteiger partial charge is 0.273 e. The number of carbonyl (C=O) groups is 1. The van der Waals surface area contributed by atoms with E-state index in [0.29, 0.717) is 0 Å². The van der Waals surface area contributed by atoms with Crippen LogP contribution in [0.3, 0.4) is 0 Å². The van der Waals surface area contributed by atoms with E-state index in [-0.39, 0.29) is 5.91 Å². The molecule has 0 aromatic heterocycles. The van der Waals surface area contributed by atoms with Gasteiger partial charge in [0, 0.05) is 13.1 Å². The van der Waals surface area contributed by atoms with Crippen LogP contribution < -0.4 is 0 Å². The lowest BCUT2D eigenvalue weighted by Crippen LogP contribution is -2.51. The Labute approximate surface area is 118 Å². The van der Waals surface area contributed by atoms with E-state index in [2.05, 4.69) is 5.10 Å². The van der Waals surface area contributed by atoms with Gasteiger partial charge in [-0.25, -0.2) is 5.01 Å². The maximum Gasteiger partial charge on any atom is 0.241 e. The Hall–Kier alpha value is -0.160. The molecule has 0 unspecified atom stereocenters. The highest BCUT2D eigenvalue weighted by Gasteiger charge is 2.97. The SMILES string of the molecule is CC(=O)N1N2N=CC=C[C@@H]2[C@@]2(Cl)C(Cl)(Cl)[C@@]12Cl. The zero-order chi connectivity index (χ0) is 12.6. The molecule has 92 valence electrons. The second kappa shape index (κ2) is 3.05. The van der Waals surface area contributed by atoms with Crippen molar-refractivity contribution in [2.24, 2.45) is 5.10 Å². The van der Waals surface area contributed by atoms with Crippen molar-refractivity contribution in [3.8, 4) is 0 Å². The summed E-state index contributed by atoms with van der Waals surface area (Å²) in [4.78, 5) is 9.17. The van der Waals surface area contributed by atoms with Gasteiger partial charge in [-0.05, 0) is 6.08 Å². The van der Waals surface area contributed by atoms with E-state index < -0.39 is 20.2 Å². The summed E-state index contributed by atoms with van der Waals surface area (Å²) in [6.45, 7) is 1.36. The monoisotopic (exact) mass is 313 g/mol. The highest BCUT2D eigenvalue weighted by molar-refractivity contribution is 6.66. The van der Waals surface area contributed by atoms with Crippen LogP contribution in [-0.4, -0.2) is 42.5 Å². The van der Waals surface area contributed by atoms with E-state index in [4.69, 9.17) is 46.4 Å². The smallest absolute Gasteiger partial charge is 0.241 e. The van der Waals surface area contributed by atoms with Gasteiger partial charge in [-0.1, -0.05) is 40.9 Å². The molecule has 8 heteroatoms. The van der Waals surface area contributed by atoms with E-state index in [9.17, 15) is 4.79 Å². The molecule has 4 nitrogen and oxygen atoms in total. The average molecular weight is 315 g/mol. The van der Waals surface area contributed by atoms with Crippen molar-refractivity contribution in [3.05, 3.63) is 12.2 Å². The van der Waals surface area contributed by atoms with Crippen LogP contribution in [0.5, 0.6) is 0 Å². The van der Waals surface area contributed by atoms with E-state index in [0.717, 1.165) is 0 Å². The molecule has 0 aromatic carbocycles. The molecule has 2 aliphatic heterocycles. The predicted molar refractivity (Wildman–Crippen MR) is 67.4 cm³/mol. The van der Waals surface area contributed by atoms with Crippen molar-refractivity contribution in [2.75, 3.05) is 0 Å². The number of nitrogens with zero attached hydrogens (tertiary/aromatic N) is 3. The van der Waals surface area contributed by atoms with Gasteiger partial charge in [0.05, 0.1) is 0 Å². The van der Waals surface area contributed by atoms with Gasteiger partial charge in [0.25, 0.3) is 0 Å². The van der Waals surface area contributed by atoms with Gasteiger partial charge in [0.1, 0.15) is 6.04 Å². The van der Waals surface area contributed by atoms with Gasteiger partial charge in [-0.15, -0.1) is 11.6 Å². The second-order valence-corrected chi connectivity index (χ2v) is 6.62. The number of hydrazone groups is 1. The molecule has 3 aliphatic rings. The number of fused-ring (bicyclic) bond motifs is 3. The summed E-state index contributed by atoms with van der Waals surface area (Å²) in [5.74, 6) is -0.317. The van der Waals surface area contributed by atoms with E-state index >= 15 is 0 Å². The molecule has 0 aromatic rings. The van der Waals surface area contributed by atoms with Crippen LogP contribution in [0.1, 0.15) is 6.92 Å². The number of hydrogen-bond donors (Lipinski definition) is 0. The first-order valence-corrected chi connectivity index (χ1v) is 6.37. The molecule has 3 rings (SSSR count). The molecule has 0 radical (unpaired) electrons. The summed E-state index contributed by atoms with van der Waals surface area (Å²) in [7, 11) is 0. The molecule has 0 spiro atoms. The molecule has 1 saturated carbocycles. The molecule has 1 amide bonds. The Morgan fingerprint density at radius 2 is 2.00 bits per heavy atom. The van der Waals surface area contributed by atoms with Crippen molar-refractivity contribution in [1.82, 2.24) is 10.1 Å². The quantitative estimate of drug-likeness (QED) is 0.507. The van der Waals surface area contributed by atoms with Crippen LogP contribution in [0.15, 0.2) is 17.3 Å². The maximum atomic E-state index is 11.7. The Balaban J connectivity index is 2.16. The van der Waals surface area contributed by atoms with Crippen molar-refractivity contribution >= 4 is 58.5 Å². The second-order valence-electron chi connectivity index (χ2n) is 4.15. The minimum atomic E-state index is -1.41. The average Bonchev–Trinajstić information content (AvgIpc) is 2.51. The lowest BCUT2D eigenvalue weighted by Gasteiger charge is -2.36. The zero-order valence-corrected chi connectivity index (χ0v) is 11.6. The van der Waals surface area contributed by atoms with Crippen LogP contribution >= 0.6 is 46.4 Å². The number of carbonyl (C=O) groups excluding carboxylic acids is 1. The lowest BCUT2D eigenvalue weighted by atomic mass is 10.1. The number of hydrogen-bond acceptors (Lipinski definition) is 3. The molecule has 1 aliphatic carbocycles. The number of amides is 1. The number of halogens is 4. The maximum absolute atomic E-state index is 11.7. The molecule has 1 saturated heterocycles. The third-order valence-electron chi connectivity index (χ3n) is 3.31. The van der Waals surface area contributed by atoms with Crippen LogP contribution in [0.2, 0.25) is 0 Å². The Bertz CT molecular complexity index is 479. The minimum absolute atomic E-state index is 0.317. The van der Waals surface area contributed by atoms with Crippen LogP contribution in [0, 0.1) is 0 Å². The summed E-state index contributed by atoms with van der Waals surface area (Å²) in [5.41, 5.74) is 0. The zero-order valence-electron chi connectivity index (χ0n) is 8.57. The number of allylic oxidation sites excluding steroid dienone is 1. The van der Waals surface area contributed by atoms with Crippen molar-refractivity contribution in [3.63, 3.8) is 0 Å². The fraction of sp³-hybridized carbons (Fsp3) is 0.556. The molecular formula is C9H7Cl4N3O. The number of hydrazine groups is 1. The summed E-state index contributed by atoms with van der Waals surface area (Å²) in [6.07, 6.45) is 5.03. The normalized spacial score (nSPS) is 44.6. The lowest BCUT2D eigenvalue weighted by molar-refractivity contribution is -0.147. The standard InChI is InChI=1S/C9H7Cl4N3O/c1-5(17)15-9(13)7(10,8(9,11)12)6-3-2-4-14-16(6)15/h2-4,6H,1H3/t6-,7-,9+/m1/s1. The number of alkyl halides is 4. The first kappa shape index (κ1) is 11.9. The summed E-state index contributed by atoms with van der Waals surface area (Å²) >= 11 is 25.1. The summed E-state index contributed by atoms with van der Waals surface area (Å²) < 4.78 is -1.41. The summed E-state index contributed by atoms with van der Waals surface area (Å²) in [6, 6.07) is -0.439. The van der Waals surface area contributed by atoms with E-state index in [1.165, 1.54) is 17.1 Å². The van der Waals surface area contributed by atoms with Crippen LogP contribution in [0.25, 0.3) is 0 Å². The molecule has 2 fully saturated rings. The fourth-order valence-electron chi connectivity index (χ4n) is 2.47. The van der Waals surface area contributed by atoms with Gasteiger partial charge < -0.3 is 0 Å². The van der Waals surface area contributed by atoms with E-state index in [1.54, 1.807) is 18.4 Å². The van der Waals surface area contributed by atoms with Crippen molar-refractivity contribution in [2.45, 2.75) is 27.2 Å². The Morgan fingerprint density at radius 1 is 1.35 bits per heavy atom. The van der Waals surface area contributed by atoms with Crippen molar-refractivity contribution < 1.29 is 4.79 Å². The van der Waals surface area contributed by atoms with Gasteiger partial charge in [0.15, 0.2) is 14.2 Å². The Morgan fingerprint density at radius 3 is 2.59 bits per heavy atom. The topological polar surface area (TPSA) is 35.9 Å². The first-order chi connectivity index (χ1) is 7.80. The molecule has 2 heterocycles. The van der Waals surface area contributed by atoms with Crippen LogP contribution in [-0.2, 0) is 4.79 Å². The minimum Gasteiger partial charge on any atom is -0.273 e.